The molecule has 6 unspecified atom stereocenters. The number of esters is 3. The fraction of sp³-hybridized carbons (Fsp3) is 0.810. The minimum atomic E-state index is -1.90. The van der Waals surface area contributed by atoms with E-state index in [2.05, 4.69) is 69.4 Å². The maximum Gasteiger partial charge on any atom is 0.335 e. The molecule has 0 spiro atoms. The zero-order chi connectivity index (χ0) is 54.7. The highest BCUT2D eigenvalue weighted by molar-refractivity contribution is 5.74. The average molecular weight is 1060 g/mol. The monoisotopic (exact) mass is 1060 g/mol. The summed E-state index contributed by atoms with van der Waals surface area (Å²) in [6, 6.07) is 0. The van der Waals surface area contributed by atoms with Crippen LogP contribution < -0.4 is 0 Å². The average Bonchev–Trinajstić information content (AvgIpc) is 3.39. The highest BCUT2D eigenvalue weighted by atomic mass is 16.7. The van der Waals surface area contributed by atoms with Gasteiger partial charge in [-0.05, 0) is 77.0 Å². The van der Waals surface area contributed by atoms with Crippen molar-refractivity contribution in [2.24, 2.45) is 0 Å². The van der Waals surface area contributed by atoms with E-state index in [1.165, 1.54) is 116 Å². The van der Waals surface area contributed by atoms with Gasteiger partial charge >= 0.3 is 23.9 Å². The van der Waals surface area contributed by atoms with Crippen molar-refractivity contribution >= 4 is 23.9 Å². The van der Waals surface area contributed by atoms with Gasteiger partial charge in [0.1, 0.15) is 18.8 Å². The van der Waals surface area contributed by atoms with E-state index in [0.29, 0.717) is 19.3 Å². The van der Waals surface area contributed by atoms with E-state index in [1.54, 1.807) is 0 Å². The van der Waals surface area contributed by atoms with Crippen molar-refractivity contribution in [2.75, 3.05) is 13.2 Å². The van der Waals surface area contributed by atoms with Crippen LogP contribution in [-0.2, 0) is 42.9 Å². The molecule has 6 atom stereocenters. The fourth-order valence-electron chi connectivity index (χ4n) is 9.20. The first-order valence-electron chi connectivity index (χ1n) is 30.6. The molecule has 75 heavy (non-hydrogen) atoms. The Balaban J connectivity index is 2.65. The van der Waals surface area contributed by atoms with Crippen LogP contribution >= 0.6 is 0 Å². The lowest BCUT2D eigenvalue weighted by Crippen LogP contribution is -2.61. The quantitative estimate of drug-likeness (QED) is 0.0228. The number of aliphatic hydroxyl groups excluding tert-OH is 2. The number of carboxylic acids is 1. The number of carbonyl (C=O) groups is 4. The van der Waals surface area contributed by atoms with E-state index < -0.39 is 67.3 Å². The summed E-state index contributed by atoms with van der Waals surface area (Å²) in [4.78, 5) is 51.1. The van der Waals surface area contributed by atoms with Crippen LogP contribution in [0.1, 0.15) is 278 Å². The van der Waals surface area contributed by atoms with Gasteiger partial charge in [0.15, 0.2) is 24.6 Å². The first kappa shape index (κ1) is 69.7. The van der Waals surface area contributed by atoms with Gasteiger partial charge in [-0.25, -0.2) is 4.79 Å². The maximum atomic E-state index is 13.1. The van der Waals surface area contributed by atoms with Crippen molar-refractivity contribution in [1.82, 2.24) is 0 Å². The van der Waals surface area contributed by atoms with Crippen LogP contribution in [0.25, 0.3) is 0 Å². The zero-order valence-electron chi connectivity index (χ0n) is 47.8. The lowest BCUT2D eigenvalue weighted by atomic mass is 9.98. The number of unbranched alkanes of at least 4 members (excludes halogenated alkanes) is 30. The molecule has 12 nitrogen and oxygen atoms in total. The van der Waals surface area contributed by atoms with Gasteiger partial charge < -0.3 is 39.0 Å². The van der Waals surface area contributed by atoms with Gasteiger partial charge in [0, 0.05) is 19.3 Å². The standard InChI is InChI=1S/C63H110O12/c1-4-7-10-13-16-19-22-24-26-28-30-32-35-37-40-43-46-49-55(64)71-52-54(73-56(65)50-47-44-41-38-34-21-18-15-12-9-6-3)53-72-63-61(59(68)58(67)60(75-63)62(69)70)74-57(66)51-48-45-42-39-36-33-31-29-27-25-23-20-17-14-11-8-5-2/h7,10,16,19,24-27,54,58-61,63,67-68H,4-6,8-9,11-15,17-18,20-23,28-53H2,1-3H3,(H,69,70)/b10-7-,19-16-,26-24-,27-25-. The van der Waals surface area contributed by atoms with Gasteiger partial charge in [0.25, 0.3) is 0 Å². The first-order chi connectivity index (χ1) is 36.6. The summed E-state index contributed by atoms with van der Waals surface area (Å²) in [6.45, 7) is 5.88. The molecule has 434 valence electrons. The Labute approximate surface area is 456 Å². The number of hydrogen-bond acceptors (Lipinski definition) is 11. The number of aliphatic carboxylic acids is 1. The van der Waals surface area contributed by atoms with Crippen LogP contribution in [0, 0.1) is 0 Å². The van der Waals surface area contributed by atoms with Crippen LogP contribution in [-0.4, -0.2) is 89.2 Å². The molecule has 1 rings (SSSR count). The molecular formula is C63H110O12. The molecule has 0 aliphatic carbocycles. The van der Waals surface area contributed by atoms with E-state index in [4.69, 9.17) is 23.7 Å². The van der Waals surface area contributed by atoms with E-state index >= 15 is 0 Å². The molecule has 0 aromatic rings. The summed E-state index contributed by atoms with van der Waals surface area (Å²) in [5, 5.41) is 31.5. The number of carbonyl (C=O) groups excluding carboxylic acids is 3. The first-order valence-corrected chi connectivity index (χ1v) is 30.6. The second kappa shape index (κ2) is 51.4. The molecule has 1 saturated heterocycles. The van der Waals surface area contributed by atoms with Crippen LogP contribution in [0.15, 0.2) is 48.6 Å². The number of carboxylic acid groups (broad SMARTS) is 1. The predicted octanol–water partition coefficient (Wildman–Crippen LogP) is 15.8. The molecule has 12 heteroatoms. The van der Waals surface area contributed by atoms with E-state index in [-0.39, 0.29) is 25.9 Å². The van der Waals surface area contributed by atoms with E-state index in [1.807, 2.05) is 0 Å². The van der Waals surface area contributed by atoms with Crippen LogP contribution in [0.4, 0.5) is 0 Å². The smallest absolute Gasteiger partial charge is 0.335 e. The van der Waals surface area contributed by atoms with Gasteiger partial charge in [0.05, 0.1) is 6.61 Å². The molecule has 0 aromatic heterocycles. The van der Waals surface area contributed by atoms with Crippen molar-refractivity contribution in [2.45, 2.75) is 314 Å². The topological polar surface area (TPSA) is 175 Å². The fourth-order valence-corrected chi connectivity index (χ4v) is 9.20. The van der Waals surface area contributed by atoms with Gasteiger partial charge in [-0.15, -0.1) is 0 Å². The van der Waals surface area contributed by atoms with Crippen LogP contribution in [0.3, 0.4) is 0 Å². The normalized spacial score (nSPS) is 18.4. The van der Waals surface area contributed by atoms with E-state index in [9.17, 15) is 34.5 Å². The highest BCUT2D eigenvalue weighted by Gasteiger charge is 2.50. The molecule has 0 aromatic carbocycles. The molecule has 1 heterocycles. The third kappa shape index (κ3) is 41.5. The molecule has 0 bridgehead atoms. The minimum Gasteiger partial charge on any atom is -0.479 e. The number of allylic oxidation sites excluding steroid dienone is 8. The molecule has 1 aliphatic rings. The predicted molar refractivity (Wildman–Crippen MR) is 303 cm³/mol. The Morgan fingerprint density at radius 2 is 0.840 bits per heavy atom. The molecule has 1 fully saturated rings. The van der Waals surface area contributed by atoms with Crippen molar-refractivity contribution in [3.8, 4) is 0 Å². The van der Waals surface area contributed by atoms with Crippen LogP contribution in [0.2, 0.25) is 0 Å². The summed E-state index contributed by atoms with van der Waals surface area (Å²) < 4.78 is 28.4. The second-order valence-corrected chi connectivity index (χ2v) is 21.0. The lowest BCUT2D eigenvalue weighted by molar-refractivity contribution is -0.301. The number of aliphatic hydroxyl groups is 2. The second-order valence-electron chi connectivity index (χ2n) is 21.0. The SMILES string of the molecule is CC/C=C\C/C=C\C/C=C\CCCCCCCCCC(=O)OCC(COC1OC(C(=O)O)C(O)C(O)C1OC(=O)CCCCCCCCC/C=C\CCCCCCCC)OC(=O)CCCCCCCCCCCCC. The highest BCUT2D eigenvalue weighted by Crippen LogP contribution is 2.26. The van der Waals surface area contributed by atoms with Crippen molar-refractivity contribution in [3.05, 3.63) is 48.6 Å². The van der Waals surface area contributed by atoms with Gasteiger partial charge in [-0.1, -0.05) is 230 Å². The Bertz CT molecular complexity index is 1490. The molecule has 0 saturated carbocycles. The van der Waals surface area contributed by atoms with Crippen LogP contribution in [0.5, 0.6) is 0 Å². The van der Waals surface area contributed by atoms with Gasteiger partial charge in [-0.2, -0.15) is 0 Å². The third-order valence-corrected chi connectivity index (χ3v) is 13.9. The zero-order valence-corrected chi connectivity index (χ0v) is 47.8. The van der Waals surface area contributed by atoms with Crippen molar-refractivity contribution in [1.29, 1.82) is 0 Å². The summed E-state index contributed by atoms with van der Waals surface area (Å²) in [7, 11) is 0. The Morgan fingerprint density at radius 1 is 0.453 bits per heavy atom. The molecule has 0 amide bonds. The van der Waals surface area contributed by atoms with Crippen molar-refractivity contribution < 1.29 is 58.2 Å². The number of hydrogen-bond donors (Lipinski definition) is 3. The Morgan fingerprint density at radius 3 is 1.29 bits per heavy atom. The Kier molecular flexibility index (Phi) is 47.8. The summed E-state index contributed by atoms with van der Waals surface area (Å²) in [6.07, 6.45) is 49.3. The van der Waals surface area contributed by atoms with E-state index in [0.717, 1.165) is 103 Å². The summed E-state index contributed by atoms with van der Waals surface area (Å²) in [5.41, 5.74) is 0. The molecular weight excluding hydrogens is 949 g/mol. The summed E-state index contributed by atoms with van der Waals surface area (Å²) in [5.74, 6) is -3.12. The van der Waals surface area contributed by atoms with Gasteiger partial charge in [-0.3, -0.25) is 14.4 Å². The summed E-state index contributed by atoms with van der Waals surface area (Å²) >= 11 is 0. The Hall–Kier alpha value is -3.32. The van der Waals surface area contributed by atoms with Crippen molar-refractivity contribution in [3.63, 3.8) is 0 Å². The molecule has 0 radical (unpaired) electrons. The van der Waals surface area contributed by atoms with Gasteiger partial charge in [0.2, 0.25) is 0 Å². The third-order valence-electron chi connectivity index (χ3n) is 13.9. The number of ether oxygens (including phenoxy) is 5. The molecule has 1 aliphatic heterocycles. The minimum absolute atomic E-state index is 0.0568. The largest absolute Gasteiger partial charge is 0.479 e. The lowest BCUT2D eigenvalue weighted by Gasteiger charge is -2.40. The maximum absolute atomic E-state index is 13.1. The number of rotatable bonds is 52. The molecule has 3 N–H and O–H groups in total.